The van der Waals surface area contributed by atoms with Crippen LogP contribution in [0.1, 0.15) is 38.5 Å². The van der Waals surface area contributed by atoms with Crippen molar-refractivity contribution in [3.8, 4) is 0 Å². The summed E-state index contributed by atoms with van der Waals surface area (Å²) in [5.41, 5.74) is 5.89. The molecular weight excluding hydrogens is 188 g/mol. The Morgan fingerprint density at radius 3 is 2.33 bits per heavy atom. The molecule has 15 heavy (non-hydrogen) atoms. The van der Waals surface area contributed by atoms with Gasteiger partial charge in [-0.2, -0.15) is 0 Å². The highest BCUT2D eigenvalue weighted by molar-refractivity contribution is 4.79. The number of nitrogens with two attached hydrogens (primary N) is 1. The van der Waals surface area contributed by atoms with Crippen molar-refractivity contribution in [2.75, 3.05) is 19.8 Å². The predicted molar refractivity (Wildman–Crippen MR) is 61.8 cm³/mol. The van der Waals surface area contributed by atoms with E-state index in [4.69, 9.17) is 10.5 Å². The fourth-order valence-electron chi connectivity index (χ4n) is 2.61. The Bertz CT molecular complexity index is 172. The van der Waals surface area contributed by atoms with E-state index in [0.717, 1.165) is 25.2 Å². The fraction of sp³-hybridized carbons (Fsp3) is 1.00. The van der Waals surface area contributed by atoms with E-state index in [-0.39, 0.29) is 0 Å². The molecule has 1 saturated heterocycles. The van der Waals surface area contributed by atoms with Crippen LogP contribution in [0.4, 0.5) is 0 Å². The molecule has 1 saturated carbocycles. The third kappa shape index (κ3) is 3.74. The van der Waals surface area contributed by atoms with Crippen LogP contribution in [0, 0.1) is 5.92 Å². The number of hydrogen-bond acceptors (Lipinski definition) is 3. The summed E-state index contributed by atoms with van der Waals surface area (Å²) in [7, 11) is 0. The first kappa shape index (κ1) is 11.4. The highest BCUT2D eigenvalue weighted by atomic mass is 16.5. The molecule has 1 aliphatic heterocycles. The maximum atomic E-state index is 5.89. The Labute approximate surface area is 92.7 Å². The van der Waals surface area contributed by atoms with Crippen molar-refractivity contribution in [2.24, 2.45) is 11.7 Å². The smallest absolute Gasteiger partial charge is 0.0469 e. The first-order valence-electron chi connectivity index (χ1n) is 6.41. The third-order valence-electron chi connectivity index (χ3n) is 3.81. The predicted octanol–water partition coefficient (Wildman–Crippen LogP) is 1.27. The lowest BCUT2D eigenvalue weighted by Crippen LogP contribution is -2.40. The molecule has 0 aromatic heterocycles. The molecule has 0 aromatic rings. The highest BCUT2D eigenvalue weighted by Crippen LogP contribution is 2.19. The molecule has 2 aliphatic rings. The zero-order valence-corrected chi connectivity index (χ0v) is 9.58. The van der Waals surface area contributed by atoms with E-state index >= 15 is 0 Å². The zero-order chi connectivity index (χ0) is 10.5. The lowest BCUT2D eigenvalue weighted by Gasteiger charge is -2.29. The van der Waals surface area contributed by atoms with E-state index in [1.807, 2.05) is 0 Å². The van der Waals surface area contributed by atoms with E-state index < -0.39 is 0 Å². The molecule has 2 rings (SSSR count). The van der Waals surface area contributed by atoms with Crippen molar-refractivity contribution in [2.45, 2.75) is 50.6 Å². The molecule has 0 amide bonds. The third-order valence-corrected chi connectivity index (χ3v) is 3.81. The van der Waals surface area contributed by atoms with Crippen molar-refractivity contribution < 1.29 is 4.74 Å². The Hall–Kier alpha value is -0.120. The van der Waals surface area contributed by atoms with Gasteiger partial charge in [-0.05, 0) is 51.0 Å². The molecule has 1 aliphatic carbocycles. The molecule has 0 aromatic carbocycles. The average Bonchev–Trinajstić information content (AvgIpc) is 2.30. The van der Waals surface area contributed by atoms with E-state index in [0.29, 0.717) is 6.04 Å². The van der Waals surface area contributed by atoms with Crippen molar-refractivity contribution in [3.05, 3.63) is 0 Å². The SMILES string of the molecule is NC1CCC(NCC2CCOCC2)CC1. The summed E-state index contributed by atoms with van der Waals surface area (Å²) in [5.74, 6) is 0.842. The second-order valence-electron chi connectivity index (χ2n) is 5.08. The van der Waals surface area contributed by atoms with Crippen LogP contribution in [0.5, 0.6) is 0 Å². The number of nitrogens with one attached hydrogen (secondary N) is 1. The molecule has 3 nitrogen and oxygen atoms in total. The lowest BCUT2D eigenvalue weighted by atomic mass is 9.91. The molecular formula is C12H24N2O. The topological polar surface area (TPSA) is 47.3 Å². The van der Waals surface area contributed by atoms with Crippen LogP contribution in [0.2, 0.25) is 0 Å². The van der Waals surface area contributed by atoms with Gasteiger partial charge in [-0.3, -0.25) is 0 Å². The maximum Gasteiger partial charge on any atom is 0.0469 e. The molecule has 88 valence electrons. The van der Waals surface area contributed by atoms with Gasteiger partial charge in [-0.1, -0.05) is 0 Å². The van der Waals surface area contributed by atoms with Gasteiger partial charge in [0, 0.05) is 25.3 Å². The minimum Gasteiger partial charge on any atom is -0.381 e. The molecule has 0 bridgehead atoms. The van der Waals surface area contributed by atoms with Crippen LogP contribution in [-0.2, 0) is 4.74 Å². The first-order chi connectivity index (χ1) is 7.34. The van der Waals surface area contributed by atoms with Crippen LogP contribution >= 0.6 is 0 Å². The van der Waals surface area contributed by atoms with Gasteiger partial charge in [0.1, 0.15) is 0 Å². The van der Waals surface area contributed by atoms with Gasteiger partial charge in [0.05, 0.1) is 0 Å². The van der Waals surface area contributed by atoms with Gasteiger partial charge in [0.2, 0.25) is 0 Å². The Morgan fingerprint density at radius 1 is 1.00 bits per heavy atom. The maximum absolute atomic E-state index is 5.89. The van der Waals surface area contributed by atoms with Crippen LogP contribution in [0.15, 0.2) is 0 Å². The van der Waals surface area contributed by atoms with E-state index in [1.54, 1.807) is 0 Å². The Balaban J connectivity index is 1.60. The van der Waals surface area contributed by atoms with Crippen LogP contribution in [0.3, 0.4) is 0 Å². The first-order valence-corrected chi connectivity index (χ1v) is 6.41. The van der Waals surface area contributed by atoms with Crippen LogP contribution < -0.4 is 11.1 Å². The fourth-order valence-corrected chi connectivity index (χ4v) is 2.61. The Kier molecular flexibility index (Phi) is 4.42. The quantitative estimate of drug-likeness (QED) is 0.740. The van der Waals surface area contributed by atoms with Gasteiger partial charge in [0.15, 0.2) is 0 Å². The minimum atomic E-state index is 0.464. The minimum absolute atomic E-state index is 0.464. The van der Waals surface area contributed by atoms with Gasteiger partial charge in [-0.25, -0.2) is 0 Å². The molecule has 1 heterocycles. The largest absolute Gasteiger partial charge is 0.381 e. The van der Waals surface area contributed by atoms with E-state index in [1.165, 1.54) is 45.1 Å². The summed E-state index contributed by atoms with van der Waals surface area (Å²) < 4.78 is 5.36. The zero-order valence-electron chi connectivity index (χ0n) is 9.58. The number of hydrogen-bond donors (Lipinski definition) is 2. The summed E-state index contributed by atoms with van der Waals surface area (Å²) in [5, 5.41) is 3.70. The second-order valence-corrected chi connectivity index (χ2v) is 5.08. The molecule has 0 unspecified atom stereocenters. The van der Waals surface area contributed by atoms with E-state index in [2.05, 4.69) is 5.32 Å². The summed E-state index contributed by atoms with van der Waals surface area (Å²) in [6.07, 6.45) is 7.41. The van der Waals surface area contributed by atoms with Crippen LogP contribution in [0.25, 0.3) is 0 Å². The van der Waals surface area contributed by atoms with Gasteiger partial charge in [0.25, 0.3) is 0 Å². The molecule has 3 N–H and O–H groups in total. The summed E-state index contributed by atoms with van der Waals surface area (Å²) >= 11 is 0. The van der Waals surface area contributed by atoms with Gasteiger partial charge >= 0.3 is 0 Å². The average molecular weight is 212 g/mol. The summed E-state index contributed by atoms with van der Waals surface area (Å²) in [4.78, 5) is 0. The second kappa shape index (κ2) is 5.83. The summed E-state index contributed by atoms with van der Waals surface area (Å²) in [6.45, 7) is 3.10. The van der Waals surface area contributed by atoms with Crippen molar-refractivity contribution in [1.82, 2.24) is 5.32 Å². The Morgan fingerprint density at radius 2 is 1.67 bits per heavy atom. The summed E-state index contributed by atoms with van der Waals surface area (Å²) in [6, 6.07) is 1.19. The molecule has 0 spiro atoms. The van der Waals surface area contributed by atoms with Crippen molar-refractivity contribution in [1.29, 1.82) is 0 Å². The van der Waals surface area contributed by atoms with Crippen molar-refractivity contribution >= 4 is 0 Å². The van der Waals surface area contributed by atoms with Crippen molar-refractivity contribution in [3.63, 3.8) is 0 Å². The lowest BCUT2D eigenvalue weighted by molar-refractivity contribution is 0.0649. The molecule has 0 radical (unpaired) electrons. The monoisotopic (exact) mass is 212 g/mol. The van der Waals surface area contributed by atoms with Crippen LogP contribution in [-0.4, -0.2) is 31.8 Å². The normalized spacial score (nSPS) is 34.2. The van der Waals surface area contributed by atoms with E-state index in [9.17, 15) is 0 Å². The molecule has 3 heteroatoms. The number of rotatable bonds is 3. The molecule has 0 atom stereocenters. The van der Waals surface area contributed by atoms with Gasteiger partial charge < -0.3 is 15.8 Å². The molecule has 2 fully saturated rings. The van der Waals surface area contributed by atoms with Gasteiger partial charge in [-0.15, -0.1) is 0 Å². The standard InChI is InChI=1S/C12H24N2O/c13-11-1-3-12(4-2-11)14-9-10-5-7-15-8-6-10/h10-12,14H,1-9,13H2. The highest BCUT2D eigenvalue weighted by Gasteiger charge is 2.20. The number of ether oxygens (including phenoxy) is 1.